The summed E-state index contributed by atoms with van der Waals surface area (Å²) in [7, 11) is 0. The Bertz CT molecular complexity index is 431. The van der Waals surface area contributed by atoms with E-state index in [1.165, 1.54) is 6.07 Å². The zero-order chi connectivity index (χ0) is 14.6. The molecule has 108 valence electrons. The number of halogens is 5. The standard InChI is InChI=1S/C13H16BrF4N/c1-8-6-10(14)11(15)7-12(8)19-9(2)4-3-5-13(16,17)18/h6-7,9,19H,3-5H2,1-2H3. The molecule has 19 heavy (non-hydrogen) atoms. The number of alkyl halides is 3. The fraction of sp³-hybridized carbons (Fsp3) is 0.538. The van der Waals surface area contributed by atoms with Crippen molar-refractivity contribution in [3.8, 4) is 0 Å². The molecule has 0 amide bonds. The summed E-state index contributed by atoms with van der Waals surface area (Å²) in [5.74, 6) is -0.393. The second-order valence-electron chi connectivity index (χ2n) is 4.63. The van der Waals surface area contributed by atoms with E-state index in [4.69, 9.17) is 0 Å². The Labute approximate surface area is 118 Å². The smallest absolute Gasteiger partial charge is 0.382 e. The number of nitrogens with one attached hydrogen (secondary N) is 1. The van der Waals surface area contributed by atoms with E-state index in [1.54, 1.807) is 13.0 Å². The van der Waals surface area contributed by atoms with Gasteiger partial charge in [-0.2, -0.15) is 13.2 Å². The lowest BCUT2D eigenvalue weighted by Gasteiger charge is -2.18. The van der Waals surface area contributed by atoms with Crippen molar-refractivity contribution in [2.24, 2.45) is 0 Å². The Kier molecular flexibility index (Phi) is 5.64. The largest absolute Gasteiger partial charge is 0.389 e. The topological polar surface area (TPSA) is 12.0 Å². The Morgan fingerprint density at radius 2 is 1.95 bits per heavy atom. The molecule has 0 bridgehead atoms. The highest BCUT2D eigenvalue weighted by molar-refractivity contribution is 9.10. The quantitative estimate of drug-likeness (QED) is 0.704. The van der Waals surface area contributed by atoms with E-state index in [0.29, 0.717) is 16.6 Å². The van der Waals surface area contributed by atoms with Gasteiger partial charge in [-0.1, -0.05) is 0 Å². The van der Waals surface area contributed by atoms with Crippen LogP contribution in [0.1, 0.15) is 31.7 Å². The summed E-state index contributed by atoms with van der Waals surface area (Å²) in [6, 6.07) is 2.85. The first-order valence-electron chi connectivity index (χ1n) is 5.98. The second-order valence-corrected chi connectivity index (χ2v) is 5.49. The lowest BCUT2D eigenvalue weighted by Crippen LogP contribution is -2.17. The Morgan fingerprint density at radius 1 is 1.32 bits per heavy atom. The Hall–Kier alpha value is -0.780. The van der Waals surface area contributed by atoms with E-state index in [1.807, 2.05) is 6.92 Å². The lowest BCUT2D eigenvalue weighted by atomic mass is 10.1. The lowest BCUT2D eigenvalue weighted by molar-refractivity contribution is -0.135. The van der Waals surface area contributed by atoms with Crippen LogP contribution in [0.2, 0.25) is 0 Å². The normalized spacial score (nSPS) is 13.4. The number of aryl methyl sites for hydroxylation is 1. The first-order chi connectivity index (χ1) is 8.69. The van der Waals surface area contributed by atoms with Gasteiger partial charge in [-0.05, 0) is 60.3 Å². The molecule has 1 rings (SSSR count). The monoisotopic (exact) mass is 341 g/mol. The van der Waals surface area contributed by atoms with Crippen molar-refractivity contribution in [3.63, 3.8) is 0 Å². The molecule has 6 heteroatoms. The Morgan fingerprint density at radius 3 is 2.53 bits per heavy atom. The van der Waals surface area contributed by atoms with E-state index in [0.717, 1.165) is 5.56 Å². The maximum Gasteiger partial charge on any atom is 0.389 e. The van der Waals surface area contributed by atoms with Crippen molar-refractivity contribution >= 4 is 21.6 Å². The van der Waals surface area contributed by atoms with E-state index < -0.39 is 18.4 Å². The molecule has 0 spiro atoms. The summed E-state index contributed by atoms with van der Waals surface area (Å²) in [6.07, 6.45) is -4.45. The van der Waals surface area contributed by atoms with Gasteiger partial charge in [0.1, 0.15) is 5.82 Å². The van der Waals surface area contributed by atoms with Gasteiger partial charge in [0.15, 0.2) is 0 Å². The Balaban J connectivity index is 2.53. The van der Waals surface area contributed by atoms with Crippen molar-refractivity contribution in [2.45, 2.75) is 45.3 Å². The molecule has 0 aliphatic carbocycles. The fourth-order valence-electron chi connectivity index (χ4n) is 1.75. The third kappa shape index (κ3) is 5.80. The fourth-order valence-corrected chi connectivity index (χ4v) is 2.21. The van der Waals surface area contributed by atoms with Crippen LogP contribution in [0.4, 0.5) is 23.2 Å². The summed E-state index contributed by atoms with van der Waals surface area (Å²) in [6.45, 7) is 3.60. The molecule has 1 N–H and O–H groups in total. The average molecular weight is 342 g/mol. The maximum atomic E-state index is 13.4. The van der Waals surface area contributed by atoms with Crippen LogP contribution in [-0.2, 0) is 0 Å². The van der Waals surface area contributed by atoms with Gasteiger partial charge in [-0.15, -0.1) is 0 Å². The molecule has 1 atom stereocenters. The van der Waals surface area contributed by atoms with Crippen LogP contribution in [0.3, 0.4) is 0 Å². The highest BCUT2D eigenvalue weighted by Crippen LogP contribution is 2.26. The molecular formula is C13H16BrF4N. The summed E-state index contributed by atoms with van der Waals surface area (Å²) in [5.41, 5.74) is 1.45. The maximum absolute atomic E-state index is 13.4. The number of anilines is 1. The van der Waals surface area contributed by atoms with Gasteiger partial charge in [0.2, 0.25) is 0 Å². The summed E-state index contributed by atoms with van der Waals surface area (Å²) < 4.78 is 49.8. The van der Waals surface area contributed by atoms with E-state index in [2.05, 4.69) is 21.2 Å². The van der Waals surface area contributed by atoms with Gasteiger partial charge in [-0.3, -0.25) is 0 Å². The molecule has 0 aliphatic rings. The molecule has 0 aliphatic heterocycles. The minimum absolute atomic E-state index is 0.0652. The van der Waals surface area contributed by atoms with Crippen LogP contribution < -0.4 is 5.32 Å². The minimum Gasteiger partial charge on any atom is -0.382 e. The van der Waals surface area contributed by atoms with Crippen LogP contribution in [0.5, 0.6) is 0 Å². The van der Waals surface area contributed by atoms with Crippen LogP contribution >= 0.6 is 15.9 Å². The van der Waals surface area contributed by atoms with Gasteiger partial charge in [-0.25, -0.2) is 4.39 Å². The molecule has 1 aromatic rings. The van der Waals surface area contributed by atoms with Crippen LogP contribution in [-0.4, -0.2) is 12.2 Å². The molecule has 0 saturated carbocycles. The van der Waals surface area contributed by atoms with Crippen LogP contribution in [0.15, 0.2) is 16.6 Å². The molecular weight excluding hydrogens is 326 g/mol. The highest BCUT2D eigenvalue weighted by atomic mass is 79.9. The predicted octanol–water partition coefficient (Wildman–Crippen LogP) is 5.43. The molecule has 0 radical (unpaired) electrons. The molecule has 0 fully saturated rings. The summed E-state index contributed by atoms with van der Waals surface area (Å²) in [5, 5.41) is 3.04. The van der Waals surface area contributed by atoms with Gasteiger partial charge < -0.3 is 5.32 Å². The molecule has 0 aromatic heterocycles. The van der Waals surface area contributed by atoms with Gasteiger partial charge in [0, 0.05) is 18.2 Å². The van der Waals surface area contributed by atoms with E-state index >= 15 is 0 Å². The molecule has 0 heterocycles. The number of hydrogen-bond donors (Lipinski definition) is 1. The first kappa shape index (κ1) is 16.3. The molecule has 1 unspecified atom stereocenters. The minimum atomic E-state index is -4.11. The molecule has 1 nitrogen and oxygen atoms in total. The van der Waals surface area contributed by atoms with Crippen molar-refractivity contribution in [1.82, 2.24) is 0 Å². The predicted molar refractivity (Wildman–Crippen MR) is 71.8 cm³/mol. The SMILES string of the molecule is Cc1cc(Br)c(F)cc1NC(C)CCCC(F)(F)F. The summed E-state index contributed by atoms with van der Waals surface area (Å²) >= 11 is 3.08. The average Bonchev–Trinajstić information content (AvgIpc) is 2.24. The van der Waals surface area contributed by atoms with Gasteiger partial charge in [0.05, 0.1) is 4.47 Å². The number of rotatable bonds is 5. The third-order valence-corrected chi connectivity index (χ3v) is 3.37. The zero-order valence-corrected chi connectivity index (χ0v) is 12.3. The highest BCUT2D eigenvalue weighted by Gasteiger charge is 2.26. The van der Waals surface area contributed by atoms with E-state index in [9.17, 15) is 17.6 Å². The summed E-state index contributed by atoms with van der Waals surface area (Å²) in [4.78, 5) is 0. The second kappa shape index (κ2) is 6.59. The van der Waals surface area contributed by atoms with Crippen molar-refractivity contribution in [2.75, 3.05) is 5.32 Å². The molecule has 1 aromatic carbocycles. The van der Waals surface area contributed by atoms with Crippen molar-refractivity contribution < 1.29 is 17.6 Å². The zero-order valence-electron chi connectivity index (χ0n) is 10.7. The first-order valence-corrected chi connectivity index (χ1v) is 6.77. The third-order valence-electron chi connectivity index (χ3n) is 2.77. The van der Waals surface area contributed by atoms with Gasteiger partial charge in [0.25, 0.3) is 0 Å². The van der Waals surface area contributed by atoms with Gasteiger partial charge >= 0.3 is 6.18 Å². The van der Waals surface area contributed by atoms with Crippen molar-refractivity contribution in [3.05, 3.63) is 28.0 Å². The van der Waals surface area contributed by atoms with E-state index in [-0.39, 0.29) is 12.5 Å². The van der Waals surface area contributed by atoms with Crippen LogP contribution in [0.25, 0.3) is 0 Å². The van der Waals surface area contributed by atoms with Crippen molar-refractivity contribution in [1.29, 1.82) is 0 Å². The number of benzene rings is 1. The number of hydrogen-bond acceptors (Lipinski definition) is 1. The molecule has 0 saturated heterocycles. The van der Waals surface area contributed by atoms with Crippen LogP contribution in [0, 0.1) is 12.7 Å².